The summed E-state index contributed by atoms with van der Waals surface area (Å²) >= 11 is 5.76. The van der Waals surface area contributed by atoms with Gasteiger partial charge in [-0.2, -0.15) is 5.10 Å². The number of aromatic nitrogens is 2. The minimum atomic E-state index is 0.630. The molecule has 0 atom stereocenters. The lowest BCUT2D eigenvalue weighted by atomic mass is 10.2. The Kier molecular flexibility index (Phi) is 1.26. The predicted octanol–water partition coefficient (Wildman–Crippen LogP) is 1.80. The summed E-state index contributed by atoms with van der Waals surface area (Å²) in [5.41, 5.74) is 7.12. The predicted molar refractivity (Wildman–Crippen MR) is 45.5 cm³/mol. The first-order chi connectivity index (χ1) is 5.27. The van der Waals surface area contributed by atoms with E-state index in [1.165, 1.54) is 0 Å². The van der Waals surface area contributed by atoms with Gasteiger partial charge < -0.3 is 5.73 Å². The van der Waals surface area contributed by atoms with E-state index >= 15 is 0 Å². The van der Waals surface area contributed by atoms with Crippen LogP contribution in [-0.2, 0) is 0 Å². The number of H-pyrrole nitrogens is 1. The van der Waals surface area contributed by atoms with E-state index in [0.29, 0.717) is 10.7 Å². The number of nitrogen functional groups attached to an aromatic ring is 1. The molecule has 0 aliphatic heterocycles. The first kappa shape index (κ1) is 6.49. The summed E-state index contributed by atoms with van der Waals surface area (Å²) in [6.07, 6.45) is 1.69. The highest BCUT2D eigenvalue weighted by Gasteiger charge is 2.00. The number of nitrogens with two attached hydrogens (primary N) is 1. The number of nitrogens with zero attached hydrogens (tertiary/aromatic N) is 1. The Balaban J connectivity index is 2.91. The smallest absolute Gasteiger partial charge is 0.0880 e. The molecule has 0 saturated carbocycles. The van der Waals surface area contributed by atoms with E-state index in [1.807, 2.05) is 6.07 Å². The fourth-order valence-electron chi connectivity index (χ4n) is 1.05. The van der Waals surface area contributed by atoms with Crippen molar-refractivity contribution in [2.75, 3.05) is 5.73 Å². The van der Waals surface area contributed by atoms with Crippen LogP contribution in [0.25, 0.3) is 10.9 Å². The van der Waals surface area contributed by atoms with Crippen molar-refractivity contribution in [2.24, 2.45) is 0 Å². The van der Waals surface area contributed by atoms with Gasteiger partial charge in [0.15, 0.2) is 0 Å². The molecule has 1 aromatic heterocycles. The van der Waals surface area contributed by atoms with Gasteiger partial charge in [-0.25, -0.2) is 0 Å². The van der Waals surface area contributed by atoms with Gasteiger partial charge in [0.1, 0.15) is 0 Å². The van der Waals surface area contributed by atoms with Crippen LogP contribution in [-0.4, -0.2) is 10.2 Å². The topological polar surface area (TPSA) is 54.7 Å². The largest absolute Gasteiger partial charge is 0.397 e. The lowest BCUT2D eigenvalue weighted by molar-refractivity contribution is 1.12. The molecular weight excluding hydrogens is 162 g/mol. The van der Waals surface area contributed by atoms with Crippen LogP contribution in [0.5, 0.6) is 0 Å². The van der Waals surface area contributed by atoms with Gasteiger partial charge in [-0.1, -0.05) is 11.6 Å². The van der Waals surface area contributed by atoms with E-state index in [9.17, 15) is 0 Å². The molecule has 0 aliphatic carbocycles. The van der Waals surface area contributed by atoms with Crippen molar-refractivity contribution in [3.05, 3.63) is 23.4 Å². The van der Waals surface area contributed by atoms with E-state index in [0.717, 1.165) is 10.9 Å². The number of halogens is 1. The van der Waals surface area contributed by atoms with Gasteiger partial charge in [-0.3, -0.25) is 5.10 Å². The van der Waals surface area contributed by atoms with Crippen molar-refractivity contribution in [2.45, 2.75) is 0 Å². The molecule has 3 nitrogen and oxygen atoms in total. The van der Waals surface area contributed by atoms with E-state index in [2.05, 4.69) is 10.2 Å². The molecule has 56 valence electrons. The zero-order chi connectivity index (χ0) is 7.84. The van der Waals surface area contributed by atoms with Gasteiger partial charge in [0.05, 0.1) is 17.4 Å². The summed E-state index contributed by atoms with van der Waals surface area (Å²) in [6, 6.07) is 3.51. The second kappa shape index (κ2) is 2.13. The highest BCUT2D eigenvalue weighted by atomic mass is 35.5. The van der Waals surface area contributed by atoms with Gasteiger partial charge >= 0.3 is 0 Å². The molecule has 0 fully saturated rings. The van der Waals surface area contributed by atoms with Crippen LogP contribution in [0.3, 0.4) is 0 Å². The van der Waals surface area contributed by atoms with Gasteiger partial charge in [0, 0.05) is 10.4 Å². The number of hydrogen-bond donors (Lipinski definition) is 2. The van der Waals surface area contributed by atoms with Crippen LogP contribution in [0.4, 0.5) is 5.69 Å². The highest BCUT2D eigenvalue weighted by Crippen LogP contribution is 2.23. The third-order valence-corrected chi connectivity index (χ3v) is 1.76. The van der Waals surface area contributed by atoms with Crippen LogP contribution < -0.4 is 5.73 Å². The SMILES string of the molecule is Nc1cc(Cl)cc2cn[nH]c12. The summed E-state index contributed by atoms with van der Waals surface area (Å²) in [5, 5.41) is 8.20. The number of anilines is 1. The molecule has 0 aliphatic rings. The minimum Gasteiger partial charge on any atom is -0.397 e. The fourth-order valence-corrected chi connectivity index (χ4v) is 1.28. The lowest BCUT2D eigenvalue weighted by Crippen LogP contribution is -1.85. The quantitative estimate of drug-likeness (QED) is 0.588. The normalized spacial score (nSPS) is 10.6. The molecule has 0 bridgehead atoms. The molecule has 0 unspecified atom stereocenters. The Morgan fingerprint density at radius 1 is 1.45 bits per heavy atom. The monoisotopic (exact) mass is 167 g/mol. The van der Waals surface area contributed by atoms with E-state index in [-0.39, 0.29) is 0 Å². The molecule has 0 spiro atoms. The minimum absolute atomic E-state index is 0.630. The number of rotatable bonds is 0. The van der Waals surface area contributed by atoms with Gasteiger partial charge in [-0.05, 0) is 12.1 Å². The molecule has 0 amide bonds. The highest BCUT2D eigenvalue weighted by molar-refractivity contribution is 6.31. The average molecular weight is 168 g/mol. The van der Waals surface area contributed by atoms with Crippen molar-refractivity contribution in [1.29, 1.82) is 0 Å². The molecule has 0 radical (unpaired) electrons. The van der Waals surface area contributed by atoms with Crippen molar-refractivity contribution in [3.8, 4) is 0 Å². The zero-order valence-electron chi connectivity index (χ0n) is 5.63. The standard InChI is InChI=1S/C7H6ClN3/c8-5-1-4-3-10-11-7(4)6(9)2-5/h1-3H,9H2,(H,10,11). The van der Waals surface area contributed by atoms with E-state index in [4.69, 9.17) is 17.3 Å². The van der Waals surface area contributed by atoms with Crippen molar-refractivity contribution < 1.29 is 0 Å². The summed E-state index contributed by atoms with van der Waals surface area (Å²) in [7, 11) is 0. The zero-order valence-corrected chi connectivity index (χ0v) is 6.39. The molecule has 11 heavy (non-hydrogen) atoms. The maximum Gasteiger partial charge on any atom is 0.0880 e. The molecule has 1 aromatic carbocycles. The number of benzene rings is 1. The third-order valence-electron chi connectivity index (χ3n) is 1.54. The summed E-state index contributed by atoms with van der Waals surface area (Å²) in [6.45, 7) is 0. The van der Waals surface area contributed by atoms with Crippen molar-refractivity contribution >= 4 is 28.2 Å². The average Bonchev–Trinajstić information content (AvgIpc) is 2.34. The molecule has 1 heterocycles. The molecule has 2 rings (SSSR count). The van der Waals surface area contributed by atoms with Gasteiger partial charge in [-0.15, -0.1) is 0 Å². The van der Waals surface area contributed by atoms with Crippen LogP contribution in [0.15, 0.2) is 18.3 Å². The first-order valence-corrected chi connectivity index (χ1v) is 3.53. The third kappa shape index (κ3) is 0.935. The second-order valence-electron chi connectivity index (χ2n) is 2.33. The fraction of sp³-hybridized carbons (Fsp3) is 0. The summed E-state index contributed by atoms with van der Waals surface area (Å²) in [4.78, 5) is 0. The first-order valence-electron chi connectivity index (χ1n) is 3.15. The van der Waals surface area contributed by atoms with E-state index < -0.39 is 0 Å². The molecule has 4 heteroatoms. The van der Waals surface area contributed by atoms with E-state index in [1.54, 1.807) is 12.3 Å². The van der Waals surface area contributed by atoms with Crippen LogP contribution in [0, 0.1) is 0 Å². The van der Waals surface area contributed by atoms with Crippen LogP contribution >= 0.6 is 11.6 Å². The Morgan fingerprint density at radius 2 is 2.27 bits per heavy atom. The molecular formula is C7H6ClN3. The summed E-state index contributed by atoms with van der Waals surface area (Å²) < 4.78 is 0. The van der Waals surface area contributed by atoms with Crippen molar-refractivity contribution in [3.63, 3.8) is 0 Å². The Labute approximate surface area is 68.2 Å². The number of aromatic amines is 1. The van der Waals surface area contributed by atoms with Gasteiger partial charge in [0.2, 0.25) is 0 Å². The molecule has 2 aromatic rings. The Bertz CT molecular complexity index is 393. The molecule has 0 saturated heterocycles. The second-order valence-corrected chi connectivity index (χ2v) is 2.77. The van der Waals surface area contributed by atoms with Crippen molar-refractivity contribution in [1.82, 2.24) is 10.2 Å². The van der Waals surface area contributed by atoms with Crippen LogP contribution in [0.2, 0.25) is 5.02 Å². The number of hydrogen-bond acceptors (Lipinski definition) is 2. The van der Waals surface area contributed by atoms with Gasteiger partial charge in [0.25, 0.3) is 0 Å². The lowest BCUT2D eigenvalue weighted by Gasteiger charge is -1.95. The Morgan fingerprint density at radius 3 is 3.09 bits per heavy atom. The summed E-state index contributed by atoms with van der Waals surface area (Å²) in [5.74, 6) is 0. The molecule has 3 N–H and O–H groups in total. The number of nitrogens with one attached hydrogen (secondary N) is 1. The maximum atomic E-state index is 5.76. The van der Waals surface area contributed by atoms with Crippen LogP contribution in [0.1, 0.15) is 0 Å². The maximum absolute atomic E-state index is 5.76. The Hall–Kier alpha value is -1.22. The number of fused-ring (bicyclic) bond motifs is 1.